The molecule has 8 heteroatoms. The highest BCUT2D eigenvalue weighted by Gasteiger charge is 2.31. The molecule has 0 saturated carbocycles. The summed E-state index contributed by atoms with van der Waals surface area (Å²) < 4.78 is 42.1. The molecule has 5 nitrogen and oxygen atoms in total. The first-order chi connectivity index (χ1) is 14.9. The Morgan fingerprint density at radius 3 is 2.61 bits per heavy atom. The number of halogens is 3. The second-order valence-electron chi connectivity index (χ2n) is 7.95. The van der Waals surface area contributed by atoms with E-state index in [2.05, 4.69) is 19.9 Å². The Labute approximate surface area is 176 Å². The van der Waals surface area contributed by atoms with Crippen molar-refractivity contribution in [3.8, 4) is 22.5 Å². The monoisotopic (exact) mass is 423 g/mol. The van der Waals surface area contributed by atoms with Gasteiger partial charge in [-0.2, -0.15) is 0 Å². The van der Waals surface area contributed by atoms with Gasteiger partial charge in [0.2, 0.25) is 0 Å². The van der Waals surface area contributed by atoms with Crippen molar-refractivity contribution in [1.29, 1.82) is 0 Å². The number of fused-ring (bicyclic) bond motifs is 1. The third-order valence-electron chi connectivity index (χ3n) is 5.68. The zero-order valence-electron chi connectivity index (χ0n) is 16.8. The second kappa shape index (κ2) is 7.39. The van der Waals surface area contributed by atoms with Gasteiger partial charge in [-0.25, -0.2) is 18.2 Å². The van der Waals surface area contributed by atoms with Crippen molar-refractivity contribution in [2.75, 3.05) is 24.5 Å². The molecule has 0 aliphatic carbocycles. The highest BCUT2D eigenvalue weighted by atomic mass is 19.2. The number of aromatic amines is 1. The van der Waals surface area contributed by atoms with E-state index in [1.807, 2.05) is 13.0 Å². The first kappa shape index (κ1) is 19.6. The maximum absolute atomic E-state index is 14.3. The normalized spacial score (nSPS) is 14.3. The summed E-state index contributed by atoms with van der Waals surface area (Å²) in [6, 6.07) is 7.33. The quantitative estimate of drug-likeness (QED) is 0.510. The van der Waals surface area contributed by atoms with Gasteiger partial charge in [0, 0.05) is 37.0 Å². The number of nitrogens with zero attached hydrogens (tertiary/aromatic N) is 3. The number of nitrogens with two attached hydrogens (primary N) is 1. The summed E-state index contributed by atoms with van der Waals surface area (Å²) in [6.45, 7) is 3.87. The van der Waals surface area contributed by atoms with Gasteiger partial charge in [-0.15, -0.1) is 0 Å². The zero-order chi connectivity index (χ0) is 21.7. The van der Waals surface area contributed by atoms with Crippen molar-refractivity contribution in [2.45, 2.75) is 6.92 Å². The van der Waals surface area contributed by atoms with Gasteiger partial charge >= 0.3 is 0 Å². The molecule has 1 saturated heterocycles. The lowest BCUT2D eigenvalue weighted by atomic mass is 9.94. The topological polar surface area (TPSA) is 70.8 Å². The number of anilines is 1. The fraction of sp³-hybridized carbons (Fsp3) is 0.217. The molecule has 0 spiro atoms. The third kappa shape index (κ3) is 3.33. The zero-order valence-corrected chi connectivity index (χ0v) is 16.8. The highest BCUT2D eigenvalue weighted by Crippen LogP contribution is 2.41. The first-order valence-electron chi connectivity index (χ1n) is 9.99. The molecule has 4 aromatic rings. The minimum absolute atomic E-state index is 0.0728. The molecule has 0 amide bonds. The molecule has 0 radical (unpaired) electrons. The van der Waals surface area contributed by atoms with E-state index in [4.69, 9.17) is 5.73 Å². The molecule has 1 fully saturated rings. The Hall–Kier alpha value is -3.39. The van der Waals surface area contributed by atoms with Gasteiger partial charge in [0.15, 0.2) is 11.6 Å². The Morgan fingerprint density at radius 1 is 1.10 bits per heavy atom. The van der Waals surface area contributed by atoms with Crippen molar-refractivity contribution in [2.24, 2.45) is 11.7 Å². The molecule has 158 valence electrons. The molecular formula is C23H20F3N5. The van der Waals surface area contributed by atoms with Crippen molar-refractivity contribution >= 4 is 16.7 Å². The van der Waals surface area contributed by atoms with Gasteiger partial charge in [0.25, 0.3) is 0 Å². The summed E-state index contributed by atoms with van der Waals surface area (Å²) in [5.41, 5.74) is 9.77. The Morgan fingerprint density at radius 2 is 1.87 bits per heavy atom. The van der Waals surface area contributed by atoms with Crippen LogP contribution in [0.3, 0.4) is 0 Å². The molecule has 5 rings (SSSR count). The number of hydrogen-bond acceptors (Lipinski definition) is 4. The van der Waals surface area contributed by atoms with Crippen LogP contribution in [0.15, 0.2) is 42.7 Å². The van der Waals surface area contributed by atoms with Crippen molar-refractivity contribution < 1.29 is 13.2 Å². The third-order valence-corrected chi connectivity index (χ3v) is 5.68. The lowest BCUT2D eigenvalue weighted by Crippen LogP contribution is -2.50. The van der Waals surface area contributed by atoms with Crippen LogP contribution in [0.5, 0.6) is 0 Å². The number of nitrogens with one attached hydrogen (secondary N) is 1. The number of hydrogen-bond donors (Lipinski definition) is 2. The minimum atomic E-state index is -1.00. The van der Waals surface area contributed by atoms with E-state index in [0.717, 1.165) is 36.0 Å². The minimum Gasteiger partial charge on any atom is -0.370 e. The standard InChI is InChI=1S/C23H20F3N5/c1-12-4-14(6-15(24)5-12)16-8-28-9-17(22(16)31-10-13(7-27)11-31)23-29-19-3-2-18(25)20(26)21(19)30-23/h2-6,8-9,13H,7,10-11,27H2,1H3,(H,29,30). The van der Waals surface area contributed by atoms with Crippen LogP contribution < -0.4 is 10.6 Å². The molecule has 2 aromatic heterocycles. The second-order valence-corrected chi connectivity index (χ2v) is 7.95. The first-order valence-corrected chi connectivity index (χ1v) is 9.99. The fourth-order valence-corrected chi connectivity index (χ4v) is 4.12. The largest absolute Gasteiger partial charge is 0.370 e. The number of pyridine rings is 1. The summed E-state index contributed by atoms with van der Waals surface area (Å²) in [5.74, 6) is -1.57. The van der Waals surface area contributed by atoms with Crippen LogP contribution in [-0.4, -0.2) is 34.6 Å². The number of rotatable bonds is 4. The predicted molar refractivity (Wildman–Crippen MR) is 114 cm³/mol. The van der Waals surface area contributed by atoms with E-state index in [0.29, 0.717) is 34.9 Å². The predicted octanol–water partition coefficient (Wildman–Crippen LogP) is 4.41. The van der Waals surface area contributed by atoms with Gasteiger partial charge in [0.1, 0.15) is 17.2 Å². The fourth-order valence-electron chi connectivity index (χ4n) is 4.12. The summed E-state index contributed by atoms with van der Waals surface area (Å²) >= 11 is 0. The molecular weight excluding hydrogens is 403 g/mol. The number of aryl methyl sites for hydroxylation is 1. The molecule has 2 aromatic carbocycles. The van der Waals surface area contributed by atoms with Crippen LogP contribution in [0.25, 0.3) is 33.5 Å². The molecule has 0 atom stereocenters. The summed E-state index contributed by atoms with van der Waals surface area (Å²) in [6.07, 6.45) is 3.32. The average molecular weight is 423 g/mol. The van der Waals surface area contributed by atoms with Gasteiger partial charge in [-0.3, -0.25) is 4.98 Å². The summed E-state index contributed by atoms with van der Waals surface area (Å²) in [5, 5.41) is 0. The lowest BCUT2D eigenvalue weighted by molar-refractivity contribution is 0.421. The van der Waals surface area contributed by atoms with Crippen LogP contribution in [-0.2, 0) is 0 Å². The van der Waals surface area contributed by atoms with E-state index in [1.165, 1.54) is 18.2 Å². The Bertz CT molecular complexity index is 1270. The number of benzene rings is 2. The van der Waals surface area contributed by atoms with E-state index in [9.17, 15) is 13.2 Å². The van der Waals surface area contributed by atoms with E-state index in [1.54, 1.807) is 12.4 Å². The van der Waals surface area contributed by atoms with Crippen molar-refractivity contribution in [1.82, 2.24) is 15.0 Å². The molecule has 0 unspecified atom stereocenters. The number of H-pyrrole nitrogens is 1. The highest BCUT2D eigenvalue weighted by molar-refractivity contribution is 5.91. The van der Waals surface area contributed by atoms with Gasteiger partial charge in [-0.05, 0) is 48.9 Å². The Kier molecular flexibility index (Phi) is 4.66. The van der Waals surface area contributed by atoms with Crippen LogP contribution >= 0.6 is 0 Å². The van der Waals surface area contributed by atoms with Crippen LogP contribution in [0.2, 0.25) is 0 Å². The maximum Gasteiger partial charge on any atom is 0.186 e. The van der Waals surface area contributed by atoms with Crippen LogP contribution in [0.4, 0.5) is 18.9 Å². The molecule has 3 N–H and O–H groups in total. The van der Waals surface area contributed by atoms with E-state index >= 15 is 0 Å². The molecule has 31 heavy (non-hydrogen) atoms. The Balaban J connectivity index is 1.71. The van der Waals surface area contributed by atoms with Crippen LogP contribution in [0.1, 0.15) is 5.56 Å². The number of aromatic nitrogens is 3. The average Bonchev–Trinajstić information content (AvgIpc) is 3.14. The maximum atomic E-state index is 14.3. The van der Waals surface area contributed by atoms with E-state index < -0.39 is 11.6 Å². The van der Waals surface area contributed by atoms with E-state index in [-0.39, 0.29) is 11.3 Å². The lowest BCUT2D eigenvalue weighted by Gasteiger charge is -2.42. The van der Waals surface area contributed by atoms with Gasteiger partial charge in [0.05, 0.1) is 16.8 Å². The SMILES string of the molecule is Cc1cc(F)cc(-c2cncc(-c3nc4c(F)c(F)ccc4[nH]3)c2N2CC(CN)C2)c1. The summed E-state index contributed by atoms with van der Waals surface area (Å²) in [4.78, 5) is 13.9. The molecule has 3 heterocycles. The van der Waals surface area contributed by atoms with Crippen molar-refractivity contribution in [3.05, 3.63) is 65.7 Å². The smallest absolute Gasteiger partial charge is 0.186 e. The van der Waals surface area contributed by atoms with Crippen LogP contribution in [0, 0.1) is 30.3 Å². The molecule has 0 bridgehead atoms. The summed E-state index contributed by atoms with van der Waals surface area (Å²) in [7, 11) is 0. The number of imidazole rings is 1. The molecule has 1 aliphatic heterocycles. The molecule has 1 aliphatic rings. The van der Waals surface area contributed by atoms with Gasteiger partial charge in [-0.1, -0.05) is 6.07 Å². The van der Waals surface area contributed by atoms with Crippen molar-refractivity contribution in [3.63, 3.8) is 0 Å². The van der Waals surface area contributed by atoms with Gasteiger partial charge < -0.3 is 15.6 Å².